The number of ether oxygens (including phenoxy) is 1. The van der Waals surface area contributed by atoms with Crippen LogP contribution in [0.3, 0.4) is 0 Å². The summed E-state index contributed by atoms with van der Waals surface area (Å²) in [5.41, 5.74) is 7.13. The lowest BCUT2D eigenvalue weighted by atomic mass is 10.1. The summed E-state index contributed by atoms with van der Waals surface area (Å²) in [5, 5.41) is 1.97. The van der Waals surface area contributed by atoms with Crippen molar-refractivity contribution in [1.29, 1.82) is 0 Å². The number of rotatable bonds is 1. The molecule has 86 valence electrons. The number of aliphatic imine (C=N–C) groups is 1. The molecule has 1 aliphatic rings. The molecule has 0 bridgehead atoms. The van der Waals surface area contributed by atoms with Crippen LogP contribution in [0.2, 0.25) is 0 Å². The summed E-state index contributed by atoms with van der Waals surface area (Å²) in [6.07, 6.45) is 0. The van der Waals surface area contributed by atoms with Gasteiger partial charge in [-0.15, -0.1) is 11.3 Å². The van der Waals surface area contributed by atoms with E-state index in [0.717, 1.165) is 16.2 Å². The molecule has 0 radical (unpaired) electrons. The first-order valence-corrected chi connectivity index (χ1v) is 6.31. The summed E-state index contributed by atoms with van der Waals surface area (Å²) in [5.74, 6) is 1.41. The minimum absolute atomic E-state index is 0.0178. The fraction of sp³-hybridized carbons (Fsp3) is 0.154. The van der Waals surface area contributed by atoms with E-state index in [0.29, 0.717) is 12.4 Å². The van der Waals surface area contributed by atoms with Crippen LogP contribution in [0.4, 0.5) is 0 Å². The van der Waals surface area contributed by atoms with Gasteiger partial charge in [0.25, 0.3) is 0 Å². The molecule has 2 aromatic rings. The van der Waals surface area contributed by atoms with Crippen LogP contribution in [0.5, 0.6) is 5.75 Å². The quantitative estimate of drug-likeness (QED) is 0.838. The summed E-state index contributed by atoms with van der Waals surface area (Å²) in [7, 11) is 0. The lowest BCUT2D eigenvalue weighted by Gasteiger charge is -2.11. The Hall–Kier alpha value is -1.81. The molecule has 0 spiro atoms. The Bertz CT molecular complexity index is 548. The lowest BCUT2D eigenvalue weighted by molar-refractivity contribution is 0.296. The van der Waals surface area contributed by atoms with Gasteiger partial charge in [0.1, 0.15) is 29.1 Å². The van der Waals surface area contributed by atoms with Crippen molar-refractivity contribution >= 4 is 17.2 Å². The molecule has 0 unspecified atom stereocenters. The van der Waals surface area contributed by atoms with Gasteiger partial charge in [0.15, 0.2) is 0 Å². The highest BCUT2D eigenvalue weighted by Crippen LogP contribution is 2.30. The van der Waals surface area contributed by atoms with E-state index >= 15 is 0 Å². The molecule has 1 aromatic heterocycles. The van der Waals surface area contributed by atoms with E-state index in [-0.39, 0.29) is 6.04 Å². The molecule has 2 N–H and O–H groups in total. The van der Waals surface area contributed by atoms with Gasteiger partial charge < -0.3 is 10.5 Å². The third-order valence-electron chi connectivity index (χ3n) is 2.74. The fourth-order valence-corrected chi connectivity index (χ4v) is 2.62. The van der Waals surface area contributed by atoms with Gasteiger partial charge in [-0.2, -0.15) is 0 Å². The molecule has 2 heterocycles. The predicted octanol–water partition coefficient (Wildman–Crippen LogP) is 2.59. The van der Waals surface area contributed by atoms with E-state index in [1.165, 1.54) is 0 Å². The number of fused-ring (bicyclic) bond motifs is 1. The monoisotopic (exact) mass is 244 g/mol. The highest BCUT2D eigenvalue weighted by atomic mass is 32.1. The first-order chi connectivity index (χ1) is 8.34. The first kappa shape index (κ1) is 10.4. The van der Waals surface area contributed by atoms with Crippen LogP contribution in [0.1, 0.15) is 16.5 Å². The highest BCUT2D eigenvalue weighted by molar-refractivity contribution is 7.12. The zero-order valence-corrected chi connectivity index (χ0v) is 9.98. The molecule has 0 saturated carbocycles. The van der Waals surface area contributed by atoms with Gasteiger partial charge in [-0.3, -0.25) is 4.99 Å². The zero-order chi connectivity index (χ0) is 11.7. The van der Waals surface area contributed by atoms with E-state index in [1.807, 2.05) is 41.8 Å². The molecule has 3 rings (SSSR count). The van der Waals surface area contributed by atoms with Gasteiger partial charge in [-0.1, -0.05) is 30.3 Å². The molecule has 1 atom stereocenters. The average molecular weight is 244 g/mol. The fourth-order valence-electron chi connectivity index (χ4n) is 1.88. The largest absolute Gasteiger partial charge is 0.489 e. The molecule has 1 aromatic carbocycles. The van der Waals surface area contributed by atoms with Crippen LogP contribution in [0.25, 0.3) is 0 Å². The number of benzene rings is 1. The molecular formula is C13H12N2OS. The summed E-state index contributed by atoms with van der Waals surface area (Å²) < 4.78 is 5.74. The van der Waals surface area contributed by atoms with Crippen molar-refractivity contribution in [2.45, 2.75) is 6.04 Å². The molecule has 17 heavy (non-hydrogen) atoms. The summed E-state index contributed by atoms with van der Waals surface area (Å²) in [6.45, 7) is 0.536. The van der Waals surface area contributed by atoms with E-state index in [4.69, 9.17) is 10.5 Å². The molecule has 4 heteroatoms. The van der Waals surface area contributed by atoms with Gasteiger partial charge >= 0.3 is 0 Å². The van der Waals surface area contributed by atoms with Crippen molar-refractivity contribution in [3.05, 3.63) is 52.2 Å². The molecule has 1 aliphatic heterocycles. The van der Waals surface area contributed by atoms with Crippen LogP contribution in [-0.4, -0.2) is 12.4 Å². The van der Waals surface area contributed by atoms with Crippen LogP contribution in [0.15, 0.2) is 46.8 Å². The molecule has 3 nitrogen and oxygen atoms in total. The highest BCUT2D eigenvalue weighted by Gasteiger charge is 2.19. The second-order valence-electron chi connectivity index (χ2n) is 3.87. The zero-order valence-electron chi connectivity index (χ0n) is 9.17. The summed E-state index contributed by atoms with van der Waals surface area (Å²) in [6, 6.07) is 12.0. The number of thiophene rings is 1. The van der Waals surface area contributed by atoms with E-state index in [2.05, 4.69) is 4.99 Å². The Morgan fingerprint density at radius 2 is 2.06 bits per heavy atom. The van der Waals surface area contributed by atoms with Gasteiger partial charge in [0.2, 0.25) is 0 Å². The first-order valence-electron chi connectivity index (χ1n) is 5.43. The SMILES string of the molecule is NC1=N[C@@H](c2ccccc2)COc2ccsc21. The molecular weight excluding hydrogens is 232 g/mol. The maximum absolute atomic E-state index is 6.00. The van der Waals surface area contributed by atoms with E-state index in [1.54, 1.807) is 11.3 Å². The van der Waals surface area contributed by atoms with Crippen LogP contribution in [0, 0.1) is 0 Å². The number of hydrogen-bond donors (Lipinski definition) is 1. The van der Waals surface area contributed by atoms with E-state index < -0.39 is 0 Å². The van der Waals surface area contributed by atoms with Crippen molar-refractivity contribution < 1.29 is 4.74 Å². The number of nitrogens with zero attached hydrogens (tertiary/aromatic N) is 1. The van der Waals surface area contributed by atoms with Crippen molar-refractivity contribution in [1.82, 2.24) is 0 Å². The van der Waals surface area contributed by atoms with Crippen LogP contribution >= 0.6 is 11.3 Å². The summed E-state index contributed by atoms with van der Waals surface area (Å²) in [4.78, 5) is 5.47. The lowest BCUT2D eigenvalue weighted by Crippen LogP contribution is -2.13. The van der Waals surface area contributed by atoms with Crippen molar-refractivity contribution in [2.75, 3.05) is 6.61 Å². The van der Waals surface area contributed by atoms with Crippen LogP contribution < -0.4 is 10.5 Å². The van der Waals surface area contributed by atoms with Gasteiger partial charge in [-0.25, -0.2) is 0 Å². The molecule has 0 amide bonds. The second-order valence-corrected chi connectivity index (χ2v) is 4.78. The molecule has 0 saturated heterocycles. The van der Waals surface area contributed by atoms with Gasteiger partial charge in [0, 0.05) is 0 Å². The Balaban J connectivity index is 1.97. The smallest absolute Gasteiger partial charge is 0.141 e. The Morgan fingerprint density at radius 3 is 2.88 bits per heavy atom. The number of hydrogen-bond acceptors (Lipinski definition) is 4. The Kier molecular flexibility index (Phi) is 2.57. The Morgan fingerprint density at radius 1 is 1.24 bits per heavy atom. The van der Waals surface area contributed by atoms with Gasteiger partial charge in [0.05, 0.1) is 0 Å². The van der Waals surface area contributed by atoms with Crippen LogP contribution in [-0.2, 0) is 0 Å². The molecule has 0 aliphatic carbocycles. The van der Waals surface area contributed by atoms with Crippen molar-refractivity contribution in [3.63, 3.8) is 0 Å². The van der Waals surface area contributed by atoms with Crippen molar-refractivity contribution in [2.24, 2.45) is 10.7 Å². The normalized spacial score (nSPS) is 18.8. The van der Waals surface area contributed by atoms with Crippen molar-refractivity contribution in [3.8, 4) is 5.75 Å². The maximum atomic E-state index is 6.00. The predicted molar refractivity (Wildman–Crippen MR) is 69.7 cm³/mol. The topological polar surface area (TPSA) is 47.6 Å². The minimum Gasteiger partial charge on any atom is -0.489 e. The average Bonchev–Trinajstić information content (AvgIpc) is 2.78. The standard InChI is InChI=1S/C13H12N2OS/c14-13-12-11(6-7-17-12)16-8-10(15-13)9-4-2-1-3-5-9/h1-7,10H,8H2,(H2,14,15)/t10-/m1/s1. The van der Waals surface area contributed by atoms with Gasteiger partial charge in [-0.05, 0) is 17.0 Å². The van der Waals surface area contributed by atoms with E-state index in [9.17, 15) is 0 Å². The minimum atomic E-state index is -0.0178. The Labute approximate surface area is 104 Å². The third kappa shape index (κ3) is 1.91. The second kappa shape index (κ2) is 4.22. The third-order valence-corrected chi connectivity index (χ3v) is 3.66. The molecule has 0 fully saturated rings. The number of amidine groups is 1. The maximum Gasteiger partial charge on any atom is 0.141 e. The summed E-state index contributed by atoms with van der Waals surface area (Å²) >= 11 is 1.56. The number of nitrogens with two attached hydrogens (primary N) is 1.